The predicted octanol–water partition coefficient (Wildman–Crippen LogP) is 2.24. The number of hydrogen-bond donors (Lipinski definition) is 1. The number of ether oxygens (including phenoxy) is 1. The van der Waals surface area contributed by atoms with Gasteiger partial charge in [-0.05, 0) is 38.3 Å². The Morgan fingerprint density at radius 3 is 2.25 bits per heavy atom. The summed E-state index contributed by atoms with van der Waals surface area (Å²) in [7, 11) is -1.76. The number of benzene rings is 1. The first kappa shape index (κ1) is 20.6. The van der Waals surface area contributed by atoms with Gasteiger partial charge in [0.25, 0.3) is 0 Å². The number of methoxy groups -OCH3 is 1. The second-order valence-electron chi connectivity index (χ2n) is 6.08. The maximum atomic E-state index is 12.2. The zero-order valence-corrected chi connectivity index (χ0v) is 16.0. The lowest BCUT2D eigenvalue weighted by atomic mass is 10.1. The molecule has 0 radical (unpaired) electrons. The van der Waals surface area contributed by atoms with Crippen molar-refractivity contribution in [3.05, 3.63) is 28.8 Å². The van der Waals surface area contributed by atoms with Gasteiger partial charge in [0.1, 0.15) is 0 Å². The van der Waals surface area contributed by atoms with Gasteiger partial charge in [-0.1, -0.05) is 17.7 Å². The Bertz CT molecular complexity index is 648. The first-order valence-corrected chi connectivity index (χ1v) is 9.81. The van der Waals surface area contributed by atoms with Crippen LogP contribution in [0.4, 0.5) is 5.69 Å². The van der Waals surface area contributed by atoms with Crippen LogP contribution in [0.25, 0.3) is 0 Å². The third-order valence-electron chi connectivity index (χ3n) is 3.75. The highest BCUT2D eigenvalue weighted by Gasteiger charge is 2.18. The van der Waals surface area contributed by atoms with Crippen molar-refractivity contribution in [1.29, 1.82) is 0 Å². The molecule has 0 heterocycles. The van der Waals surface area contributed by atoms with Crippen LogP contribution in [0, 0.1) is 20.8 Å². The van der Waals surface area contributed by atoms with E-state index in [1.807, 2.05) is 32.9 Å². The lowest BCUT2D eigenvalue weighted by Crippen LogP contribution is -2.34. The Morgan fingerprint density at radius 1 is 1.17 bits per heavy atom. The molecule has 0 aliphatic heterocycles. The molecule has 0 unspecified atom stereocenters. The number of amides is 1. The summed E-state index contributed by atoms with van der Waals surface area (Å²) in [6.45, 7) is 6.91. The van der Waals surface area contributed by atoms with Crippen LogP contribution in [0.3, 0.4) is 0 Å². The summed E-state index contributed by atoms with van der Waals surface area (Å²) in [5, 5.41) is 2.89. The summed E-state index contributed by atoms with van der Waals surface area (Å²) in [4.78, 5) is 12.2. The van der Waals surface area contributed by atoms with Crippen molar-refractivity contribution in [3.63, 3.8) is 0 Å². The zero-order valence-electron chi connectivity index (χ0n) is 15.2. The van der Waals surface area contributed by atoms with E-state index in [1.54, 1.807) is 7.11 Å². The molecule has 136 valence electrons. The van der Waals surface area contributed by atoms with Gasteiger partial charge in [-0.2, -0.15) is 0 Å². The second-order valence-corrected chi connectivity index (χ2v) is 8.06. The number of nitrogens with zero attached hydrogens (tertiary/aromatic N) is 1. The predicted molar refractivity (Wildman–Crippen MR) is 96.8 cm³/mol. The van der Waals surface area contributed by atoms with Crippen molar-refractivity contribution in [2.45, 2.75) is 33.6 Å². The monoisotopic (exact) mass is 356 g/mol. The third kappa shape index (κ3) is 6.59. The number of aryl methyl sites for hydroxylation is 3. The van der Waals surface area contributed by atoms with E-state index in [0.717, 1.165) is 28.6 Å². The summed E-state index contributed by atoms with van der Waals surface area (Å²) < 4.78 is 29.9. The molecule has 1 aromatic carbocycles. The summed E-state index contributed by atoms with van der Waals surface area (Å²) in [5.74, 6) is -0.189. The van der Waals surface area contributed by atoms with Crippen LogP contribution in [-0.4, -0.2) is 51.7 Å². The van der Waals surface area contributed by atoms with Crippen LogP contribution in [-0.2, 0) is 19.6 Å². The molecule has 1 aromatic rings. The molecule has 0 bridgehead atoms. The molecule has 0 saturated heterocycles. The van der Waals surface area contributed by atoms with E-state index in [2.05, 4.69) is 5.32 Å². The van der Waals surface area contributed by atoms with Crippen molar-refractivity contribution in [2.24, 2.45) is 0 Å². The number of carbonyl (C=O) groups is 1. The number of hydrogen-bond acceptors (Lipinski definition) is 4. The summed E-state index contributed by atoms with van der Waals surface area (Å²) >= 11 is 0. The van der Waals surface area contributed by atoms with Crippen molar-refractivity contribution < 1.29 is 17.9 Å². The van der Waals surface area contributed by atoms with E-state index in [0.29, 0.717) is 19.6 Å². The first-order chi connectivity index (χ1) is 11.1. The highest BCUT2D eigenvalue weighted by molar-refractivity contribution is 7.88. The van der Waals surface area contributed by atoms with Gasteiger partial charge < -0.3 is 10.1 Å². The van der Waals surface area contributed by atoms with Gasteiger partial charge in [-0.15, -0.1) is 0 Å². The third-order valence-corrected chi connectivity index (χ3v) is 5.06. The molecule has 1 rings (SSSR count). The van der Waals surface area contributed by atoms with E-state index in [9.17, 15) is 13.2 Å². The van der Waals surface area contributed by atoms with Gasteiger partial charge in [0, 0.05) is 38.9 Å². The number of rotatable bonds is 9. The van der Waals surface area contributed by atoms with Crippen LogP contribution in [0.15, 0.2) is 12.1 Å². The molecular formula is C17H28N2O4S. The Kier molecular flexibility index (Phi) is 7.86. The van der Waals surface area contributed by atoms with E-state index >= 15 is 0 Å². The van der Waals surface area contributed by atoms with Crippen molar-refractivity contribution in [1.82, 2.24) is 4.31 Å². The summed E-state index contributed by atoms with van der Waals surface area (Å²) in [6, 6.07) is 4.02. The van der Waals surface area contributed by atoms with Gasteiger partial charge in [-0.3, -0.25) is 4.79 Å². The lowest BCUT2D eigenvalue weighted by Gasteiger charge is -2.20. The second kappa shape index (κ2) is 9.15. The van der Waals surface area contributed by atoms with E-state index < -0.39 is 10.0 Å². The topological polar surface area (TPSA) is 75.7 Å². The van der Waals surface area contributed by atoms with Gasteiger partial charge in [0.15, 0.2) is 0 Å². The zero-order chi connectivity index (χ0) is 18.3. The summed E-state index contributed by atoms with van der Waals surface area (Å²) in [5.41, 5.74) is 3.95. The van der Waals surface area contributed by atoms with Crippen molar-refractivity contribution in [2.75, 3.05) is 38.4 Å². The van der Waals surface area contributed by atoms with E-state index in [-0.39, 0.29) is 18.9 Å². The molecule has 0 saturated carbocycles. The Morgan fingerprint density at radius 2 is 1.75 bits per heavy atom. The minimum Gasteiger partial charge on any atom is -0.385 e. The molecule has 0 aromatic heterocycles. The Hall–Kier alpha value is -1.44. The SMILES string of the molecule is COCCCN(CCC(=O)Nc1c(C)cc(C)cc1C)S(C)(=O)=O. The van der Waals surface area contributed by atoms with E-state index in [4.69, 9.17) is 4.74 Å². The quantitative estimate of drug-likeness (QED) is 0.689. The van der Waals surface area contributed by atoms with Crippen molar-refractivity contribution >= 4 is 21.6 Å². The molecule has 0 atom stereocenters. The smallest absolute Gasteiger partial charge is 0.225 e. The molecule has 0 fully saturated rings. The average Bonchev–Trinajstić information content (AvgIpc) is 2.45. The molecule has 0 aliphatic rings. The Labute approximate surface area is 145 Å². The average molecular weight is 356 g/mol. The maximum Gasteiger partial charge on any atom is 0.225 e. The summed E-state index contributed by atoms with van der Waals surface area (Å²) in [6.07, 6.45) is 1.88. The lowest BCUT2D eigenvalue weighted by molar-refractivity contribution is -0.116. The largest absolute Gasteiger partial charge is 0.385 e. The number of sulfonamides is 1. The fourth-order valence-electron chi connectivity index (χ4n) is 2.63. The minimum absolute atomic E-state index is 0.118. The van der Waals surface area contributed by atoms with Crippen molar-refractivity contribution in [3.8, 4) is 0 Å². The molecule has 7 heteroatoms. The van der Waals surface area contributed by atoms with Crippen LogP contribution in [0.2, 0.25) is 0 Å². The fourth-order valence-corrected chi connectivity index (χ4v) is 3.52. The van der Waals surface area contributed by atoms with Gasteiger partial charge >= 0.3 is 0 Å². The standard InChI is InChI=1S/C17H28N2O4S/c1-13-11-14(2)17(15(3)12-13)18-16(20)7-9-19(24(5,21)22)8-6-10-23-4/h11-12H,6-10H2,1-5H3,(H,18,20). The van der Waals surface area contributed by atoms with Crippen LogP contribution in [0.1, 0.15) is 29.5 Å². The van der Waals surface area contributed by atoms with Crippen LogP contribution in [0.5, 0.6) is 0 Å². The first-order valence-electron chi connectivity index (χ1n) is 7.97. The molecule has 0 aliphatic carbocycles. The minimum atomic E-state index is -3.34. The molecule has 1 amide bonds. The van der Waals surface area contributed by atoms with Gasteiger partial charge in [-0.25, -0.2) is 12.7 Å². The normalized spacial score (nSPS) is 11.8. The number of anilines is 1. The highest BCUT2D eigenvalue weighted by Crippen LogP contribution is 2.22. The van der Waals surface area contributed by atoms with E-state index in [1.165, 1.54) is 4.31 Å². The van der Waals surface area contributed by atoms with Crippen LogP contribution >= 0.6 is 0 Å². The molecular weight excluding hydrogens is 328 g/mol. The fraction of sp³-hybridized carbons (Fsp3) is 0.588. The number of carbonyl (C=O) groups excluding carboxylic acids is 1. The van der Waals surface area contributed by atoms with Gasteiger partial charge in [0.2, 0.25) is 15.9 Å². The van der Waals surface area contributed by atoms with Gasteiger partial charge in [0.05, 0.1) is 6.26 Å². The molecule has 24 heavy (non-hydrogen) atoms. The molecule has 6 nitrogen and oxygen atoms in total. The maximum absolute atomic E-state index is 12.2. The Balaban J connectivity index is 2.67. The number of nitrogens with one attached hydrogen (secondary N) is 1. The highest BCUT2D eigenvalue weighted by atomic mass is 32.2. The van der Waals surface area contributed by atoms with Crippen LogP contribution < -0.4 is 5.32 Å². The molecule has 0 spiro atoms. The molecule has 1 N–H and O–H groups in total.